The van der Waals surface area contributed by atoms with E-state index >= 15 is 0 Å². The predicted molar refractivity (Wildman–Crippen MR) is 100 cm³/mol. The van der Waals surface area contributed by atoms with Gasteiger partial charge in [0.05, 0.1) is 10.7 Å². The molecule has 148 valence electrons. The number of esters is 1. The summed E-state index contributed by atoms with van der Waals surface area (Å²) in [4.78, 5) is 23.5. The molecule has 0 amide bonds. The van der Waals surface area contributed by atoms with Crippen LogP contribution in [-0.2, 0) is 15.7 Å². The van der Waals surface area contributed by atoms with E-state index in [1.807, 2.05) is 16.7 Å². The third kappa shape index (κ3) is 3.33. The van der Waals surface area contributed by atoms with Crippen molar-refractivity contribution in [2.75, 3.05) is 36.5 Å². The minimum Gasteiger partial charge on any atom is -0.469 e. The first-order valence-corrected chi connectivity index (χ1v) is 10.0. The summed E-state index contributed by atoms with van der Waals surface area (Å²) < 4.78 is 45.3. The van der Waals surface area contributed by atoms with Crippen molar-refractivity contribution in [1.82, 2.24) is 9.97 Å². The molecule has 3 fully saturated rings. The SMILES string of the molecule is COC(=O)CC1[C@H]2CN(c3nc(N4CCC4C)nc(C(F)(F)F)c3I)C[C@@H]12. The Hall–Kier alpha value is -1.33. The van der Waals surface area contributed by atoms with Crippen molar-refractivity contribution in [1.29, 1.82) is 0 Å². The zero-order valence-electron chi connectivity index (χ0n) is 15.0. The van der Waals surface area contributed by atoms with Gasteiger partial charge >= 0.3 is 12.1 Å². The smallest absolute Gasteiger partial charge is 0.434 e. The molecule has 1 saturated carbocycles. The van der Waals surface area contributed by atoms with E-state index in [1.165, 1.54) is 7.11 Å². The van der Waals surface area contributed by atoms with Crippen LogP contribution >= 0.6 is 22.6 Å². The Morgan fingerprint density at radius 2 is 1.96 bits per heavy atom. The molecule has 1 aromatic rings. The lowest BCUT2D eigenvalue weighted by Crippen LogP contribution is -2.47. The van der Waals surface area contributed by atoms with Gasteiger partial charge in [0.15, 0.2) is 5.69 Å². The molecular weight excluding hydrogens is 476 g/mol. The van der Waals surface area contributed by atoms with E-state index in [0.29, 0.717) is 43.7 Å². The minimum atomic E-state index is -4.52. The van der Waals surface area contributed by atoms with Crippen LogP contribution in [0.4, 0.5) is 24.9 Å². The molecule has 0 N–H and O–H groups in total. The summed E-state index contributed by atoms with van der Waals surface area (Å²) in [5, 5.41) is 0. The second kappa shape index (κ2) is 6.63. The quantitative estimate of drug-likeness (QED) is 0.472. The Labute approximate surface area is 168 Å². The number of hydrogen-bond donors (Lipinski definition) is 0. The number of halogens is 4. The third-order valence-corrected chi connectivity index (χ3v) is 6.96. The molecule has 0 aromatic carbocycles. The molecule has 0 spiro atoms. The van der Waals surface area contributed by atoms with Gasteiger partial charge in [-0.25, -0.2) is 4.98 Å². The Balaban J connectivity index is 1.58. The number of piperidine rings is 1. The van der Waals surface area contributed by atoms with Gasteiger partial charge in [-0.3, -0.25) is 4.79 Å². The lowest BCUT2D eigenvalue weighted by molar-refractivity contribution is -0.142. The summed E-state index contributed by atoms with van der Waals surface area (Å²) in [6.07, 6.45) is -3.22. The molecule has 1 aliphatic carbocycles. The maximum atomic E-state index is 13.5. The molecule has 27 heavy (non-hydrogen) atoms. The zero-order chi connectivity index (χ0) is 19.5. The standard InChI is InChI=1S/C17H20F3IN4O2/c1-8-3-4-25(8)16-22-14(17(18,19)20)13(21)15(23-16)24-6-10-9(11(10)7-24)5-12(26)27-2/h8-11H,3-7H2,1-2H3/t8?,9?,10-,11+. The van der Waals surface area contributed by atoms with Crippen LogP contribution in [0.5, 0.6) is 0 Å². The molecule has 0 radical (unpaired) electrons. The van der Waals surface area contributed by atoms with Gasteiger partial charge in [0.25, 0.3) is 0 Å². The maximum Gasteiger partial charge on any atom is 0.434 e. The van der Waals surface area contributed by atoms with E-state index in [2.05, 4.69) is 9.97 Å². The van der Waals surface area contributed by atoms with Crippen molar-refractivity contribution >= 4 is 40.3 Å². The number of ether oxygens (including phenoxy) is 1. The van der Waals surface area contributed by atoms with E-state index in [0.717, 1.165) is 6.42 Å². The van der Waals surface area contributed by atoms with Crippen molar-refractivity contribution in [3.05, 3.63) is 9.26 Å². The highest BCUT2D eigenvalue weighted by Crippen LogP contribution is 2.55. The third-order valence-electron chi connectivity index (χ3n) is 5.97. The number of anilines is 2. The zero-order valence-corrected chi connectivity index (χ0v) is 17.1. The highest BCUT2D eigenvalue weighted by Gasteiger charge is 2.57. The molecule has 3 aliphatic rings. The first kappa shape index (κ1) is 19.0. The van der Waals surface area contributed by atoms with Crippen LogP contribution in [0.2, 0.25) is 0 Å². The van der Waals surface area contributed by atoms with Gasteiger partial charge in [-0.2, -0.15) is 18.2 Å². The van der Waals surface area contributed by atoms with Crippen LogP contribution in [0.1, 0.15) is 25.5 Å². The Morgan fingerprint density at radius 3 is 2.44 bits per heavy atom. The Kier molecular flexibility index (Phi) is 4.66. The van der Waals surface area contributed by atoms with Gasteiger partial charge in [0.1, 0.15) is 5.82 Å². The number of alkyl halides is 3. The van der Waals surface area contributed by atoms with Crippen molar-refractivity contribution < 1.29 is 22.7 Å². The fraction of sp³-hybridized carbons (Fsp3) is 0.706. The molecule has 2 aliphatic heterocycles. The number of methoxy groups -OCH3 is 1. The van der Waals surface area contributed by atoms with Crippen molar-refractivity contribution in [2.45, 2.75) is 32.0 Å². The predicted octanol–water partition coefficient (Wildman–Crippen LogP) is 2.94. The maximum absolute atomic E-state index is 13.5. The van der Waals surface area contributed by atoms with Crippen LogP contribution in [0.25, 0.3) is 0 Å². The first-order chi connectivity index (χ1) is 12.7. The van der Waals surface area contributed by atoms with Crippen molar-refractivity contribution in [3.63, 3.8) is 0 Å². The highest BCUT2D eigenvalue weighted by atomic mass is 127. The molecule has 2 unspecified atom stereocenters. The van der Waals surface area contributed by atoms with E-state index in [-0.39, 0.29) is 27.4 Å². The summed E-state index contributed by atoms with van der Waals surface area (Å²) in [5.41, 5.74) is -0.867. The molecule has 1 aromatic heterocycles. The average molecular weight is 496 g/mol. The van der Waals surface area contributed by atoms with Crippen molar-refractivity contribution in [2.24, 2.45) is 17.8 Å². The largest absolute Gasteiger partial charge is 0.469 e. The molecule has 4 atom stereocenters. The molecule has 4 rings (SSSR count). The van der Waals surface area contributed by atoms with Crippen LogP contribution in [0, 0.1) is 21.3 Å². The summed E-state index contributed by atoms with van der Waals surface area (Å²) in [6, 6.07) is 0.149. The number of aromatic nitrogens is 2. The molecule has 6 nitrogen and oxygen atoms in total. The normalized spacial score (nSPS) is 29.4. The first-order valence-electron chi connectivity index (χ1n) is 8.93. The van der Waals surface area contributed by atoms with E-state index in [9.17, 15) is 18.0 Å². The molecule has 2 saturated heterocycles. The summed E-state index contributed by atoms with van der Waals surface area (Å²) in [7, 11) is 1.37. The highest BCUT2D eigenvalue weighted by molar-refractivity contribution is 14.1. The van der Waals surface area contributed by atoms with Gasteiger partial charge < -0.3 is 14.5 Å². The summed E-state index contributed by atoms with van der Waals surface area (Å²) in [6.45, 7) is 3.86. The van der Waals surface area contributed by atoms with Crippen LogP contribution in [0.15, 0.2) is 0 Å². The lowest BCUT2D eigenvalue weighted by Gasteiger charge is -2.39. The van der Waals surface area contributed by atoms with E-state index < -0.39 is 11.9 Å². The van der Waals surface area contributed by atoms with Gasteiger partial charge in [-0.1, -0.05) is 0 Å². The summed E-state index contributed by atoms with van der Waals surface area (Å²) in [5.74, 6) is 1.18. The number of rotatable bonds is 4. The molecular formula is C17H20F3IN4O2. The molecule has 3 heterocycles. The van der Waals surface area contributed by atoms with Gasteiger partial charge in [-0.15, -0.1) is 0 Å². The minimum absolute atomic E-state index is 0.0443. The Morgan fingerprint density at radius 1 is 1.30 bits per heavy atom. The molecule has 0 bridgehead atoms. The van der Waals surface area contributed by atoms with Gasteiger partial charge in [0.2, 0.25) is 5.95 Å². The van der Waals surface area contributed by atoms with Crippen LogP contribution in [-0.4, -0.2) is 48.7 Å². The monoisotopic (exact) mass is 496 g/mol. The number of carbonyl (C=O) groups excluding carboxylic acids is 1. The topological polar surface area (TPSA) is 58.6 Å². The van der Waals surface area contributed by atoms with Gasteiger partial charge in [0, 0.05) is 32.1 Å². The average Bonchev–Trinajstić information content (AvgIpc) is 3.03. The summed E-state index contributed by atoms with van der Waals surface area (Å²) >= 11 is 1.71. The van der Waals surface area contributed by atoms with Crippen molar-refractivity contribution in [3.8, 4) is 0 Å². The molecule has 10 heteroatoms. The Bertz CT molecular complexity index is 763. The lowest BCUT2D eigenvalue weighted by atomic mass is 10.1. The van der Waals surface area contributed by atoms with Gasteiger partial charge in [-0.05, 0) is 53.7 Å². The van der Waals surface area contributed by atoms with E-state index in [4.69, 9.17) is 4.74 Å². The fourth-order valence-corrected chi connectivity index (χ4v) is 5.05. The second-order valence-electron chi connectivity index (χ2n) is 7.52. The van der Waals surface area contributed by atoms with E-state index in [1.54, 1.807) is 22.6 Å². The number of carbonyl (C=O) groups is 1. The second-order valence-corrected chi connectivity index (χ2v) is 8.59. The number of hydrogen-bond acceptors (Lipinski definition) is 6. The fourth-order valence-electron chi connectivity index (χ4n) is 4.16. The van der Waals surface area contributed by atoms with Crippen LogP contribution < -0.4 is 9.80 Å². The van der Waals surface area contributed by atoms with Crippen LogP contribution in [0.3, 0.4) is 0 Å². The number of nitrogens with zero attached hydrogens (tertiary/aromatic N) is 4. The number of fused-ring (bicyclic) bond motifs is 1.